The highest BCUT2D eigenvalue weighted by molar-refractivity contribution is 7.99. The molecule has 0 atom stereocenters. The van der Waals surface area contributed by atoms with Gasteiger partial charge in [0.2, 0.25) is 11.1 Å². The van der Waals surface area contributed by atoms with E-state index in [9.17, 15) is 9.18 Å². The zero-order valence-corrected chi connectivity index (χ0v) is 17.1. The molecule has 0 bridgehead atoms. The molecule has 0 aliphatic rings. The third kappa shape index (κ3) is 5.00. The maximum Gasteiger partial charge on any atom is 0.236 e. The number of benzene rings is 2. The van der Waals surface area contributed by atoms with E-state index in [4.69, 9.17) is 11.6 Å². The van der Waals surface area contributed by atoms with Gasteiger partial charge in [-0.05, 0) is 48.5 Å². The van der Waals surface area contributed by atoms with Gasteiger partial charge in [-0.2, -0.15) is 0 Å². The number of hydrogen-bond donors (Lipinski definition) is 2. The molecule has 0 unspecified atom stereocenters. The highest BCUT2D eigenvalue weighted by Crippen LogP contribution is 2.26. The van der Waals surface area contributed by atoms with Crippen LogP contribution in [0.25, 0.3) is 22.6 Å². The number of carbonyl (C=O) groups is 1. The van der Waals surface area contributed by atoms with Crippen LogP contribution in [0.2, 0.25) is 5.02 Å². The van der Waals surface area contributed by atoms with E-state index >= 15 is 0 Å². The molecule has 0 radical (unpaired) electrons. The summed E-state index contributed by atoms with van der Waals surface area (Å²) in [6.45, 7) is 0. The number of anilines is 1. The van der Waals surface area contributed by atoms with E-state index in [0.29, 0.717) is 26.8 Å². The molecule has 1 amide bonds. The maximum absolute atomic E-state index is 13.0. The molecule has 0 saturated heterocycles. The molecule has 29 heavy (non-hydrogen) atoms. The highest BCUT2D eigenvalue weighted by Gasteiger charge is 2.11. The summed E-state index contributed by atoms with van der Waals surface area (Å²) in [7, 11) is 0. The predicted molar refractivity (Wildman–Crippen MR) is 114 cm³/mol. The van der Waals surface area contributed by atoms with Gasteiger partial charge in [-0.25, -0.2) is 14.4 Å². The Morgan fingerprint density at radius 2 is 1.83 bits per heavy atom. The molecule has 10 heteroatoms. The van der Waals surface area contributed by atoms with Crippen molar-refractivity contribution in [2.45, 2.75) is 5.16 Å². The van der Waals surface area contributed by atoms with Crippen LogP contribution in [0.15, 0.2) is 59.1 Å². The number of thiazole rings is 1. The van der Waals surface area contributed by atoms with Crippen molar-refractivity contribution in [1.29, 1.82) is 0 Å². The van der Waals surface area contributed by atoms with E-state index in [2.05, 4.69) is 25.5 Å². The quantitative estimate of drug-likeness (QED) is 0.402. The summed E-state index contributed by atoms with van der Waals surface area (Å²) < 4.78 is 13.0. The fraction of sp³-hybridized carbons (Fsp3) is 0.0526. The summed E-state index contributed by atoms with van der Waals surface area (Å²) in [6, 6.07) is 13.3. The smallest absolute Gasteiger partial charge is 0.236 e. The Balaban J connectivity index is 1.33. The van der Waals surface area contributed by atoms with Crippen LogP contribution in [0.5, 0.6) is 0 Å². The molecule has 0 fully saturated rings. The summed E-state index contributed by atoms with van der Waals surface area (Å²) in [5.74, 6) is 0.227. The maximum atomic E-state index is 13.0. The van der Waals surface area contributed by atoms with Crippen molar-refractivity contribution in [3.05, 3.63) is 64.8 Å². The van der Waals surface area contributed by atoms with Gasteiger partial charge < -0.3 is 5.32 Å². The molecule has 0 spiro atoms. The average molecular weight is 446 g/mol. The molecule has 0 aliphatic carbocycles. The molecule has 4 rings (SSSR count). The van der Waals surface area contributed by atoms with Gasteiger partial charge in [0.25, 0.3) is 0 Å². The molecule has 2 heterocycles. The SMILES string of the molecule is O=C(CSc1n[nH]c(-c2ccc(Cl)cc2)n1)Nc1nc(-c2ccc(F)cc2)cs1. The number of rotatable bonds is 6. The third-order valence-corrected chi connectivity index (χ3v) is 5.66. The molecule has 0 saturated carbocycles. The van der Waals surface area contributed by atoms with Crippen LogP contribution in [0.3, 0.4) is 0 Å². The lowest BCUT2D eigenvalue weighted by molar-refractivity contribution is -0.113. The summed E-state index contributed by atoms with van der Waals surface area (Å²) in [5.41, 5.74) is 2.32. The van der Waals surface area contributed by atoms with Crippen molar-refractivity contribution in [3.63, 3.8) is 0 Å². The number of aromatic amines is 1. The van der Waals surface area contributed by atoms with Crippen LogP contribution < -0.4 is 5.32 Å². The van der Waals surface area contributed by atoms with Crippen molar-refractivity contribution in [2.75, 3.05) is 11.1 Å². The molecule has 0 aliphatic heterocycles. The normalized spacial score (nSPS) is 10.8. The van der Waals surface area contributed by atoms with E-state index in [-0.39, 0.29) is 17.5 Å². The number of nitrogens with zero attached hydrogens (tertiary/aromatic N) is 3. The first-order valence-corrected chi connectivity index (χ1v) is 10.6. The van der Waals surface area contributed by atoms with E-state index in [0.717, 1.165) is 11.1 Å². The van der Waals surface area contributed by atoms with Gasteiger partial charge in [0, 0.05) is 21.5 Å². The molecular weight excluding hydrogens is 433 g/mol. The van der Waals surface area contributed by atoms with Gasteiger partial charge in [0.05, 0.1) is 11.4 Å². The van der Waals surface area contributed by atoms with Crippen LogP contribution in [0, 0.1) is 5.82 Å². The first-order chi connectivity index (χ1) is 14.1. The lowest BCUT2D eigenvalue weighted by Crippen LogP contribution is -2.13. The van der Waals surface area contributed by atoms with Gasteiger partial charge in [-0.15, -0.1) is 16.4 Å². The topological polar surface area (TPSA) is 83.6 Å². The van der Waals surface area contributed by atoms with E-state index in [1.54, 1.807) is 24.3 Å². The Morgan fingerprint density at radius 1 is 1.10 bits per heavy atom. The summed E-state index contributed by atoms with van der Waals surface area (Å²) in [5, 5.41) is 13.1. The minimum Gasteiger partial charge on any atom is -0.301 e. The third-order valence-electron chi connectivity index (χ3n) is 3.81. The highest BCUT2D eigenvalue weighted by atomic mass is 35.5. The molecule has 4 aromatic rings. The van der Waals surface area contributed by atoms with Crippen molar-refractivity contribution in [3.8, 4) is 22.6 Å². The monoisotopic (exact) mass is 445 g/mol. The molecule has 2 aromatic heterocycles. The first kappa shape index (κ1) is 19.6. The molecular formula is C19H13ClFN5OS2. The second-order valence-corrected chi connectivity index (χ2v) is 8.09. The number of aromatic nitrogens is 4. The Kier molecular flexibility index (Phi) is 5.89. The van der Waals surface area contributed by atoms with Gasteiger partial charge >= 0.3 is 0 Å². The van der Waals surface area contributed by atoms with E-state index in [1.807, 2.05) is 17.5 Å². The standard InChI is InChI=1S/C19H13ClFN5OS2/c20-13-5-1-12(2-6-13)17-24-19(26-25-17)29-10-16(27)23-18-22-15(9-28-18)11-3-7-14(21)8-4-11/h1-9H,10H2,(H,22,23,27)(H,24,25,26). The molecule has 6 nitrogen and oxygen atoms in total. The minimum absolute atomic E-state index is 0.142. The van der Waals surface area contributed by atoms with Crippen LogP contribution in [-0.4, -0.2) is 31.8 Å². The zero-order valence-electron chi connectivity index (χ0n) is 14.7. The number of hydrogen-bond acceptors (Lipinski definition) is 6. The Labute approximate surface area is 178 Å². The van der Waals surface area contributed by atoms with Gasteiger partial charge in [-0.1, -0.05) is 23.4 Å². The van der Waals surface area contributed by atoms with E-state index in [1.165, 1.54) is 35.2 Å². The largest absolute Gasteiger partial charge is 0.301 e. The van der Waals surface area contributed by atoms with Gasteiger partial charge in [0.15, 0.2) is 11.0 Å². The number of amides is 1. The molecule has 2 aromatic carbocycles. The summed E-state index contributed by atoms with van der Waals surface area (Å²) >= 11 is 8.41. The first-order valence-electron chi connectivity index (χ1n) is 8.39. The fourth-order valence-electron chi connectivity index (χ4n) is 2.42. The molecule has 146 valence electrons. The average Bonchev–Trinajstić information content (AvgIpc) is 3.37. The molecule has 2 N–H and O–H groups in total. The Morgan fingerprint density at radius 3 is 2.59 bits per heavy atom. The lowest BCUT2D eigenvalue weighted by atomic mass is 10.2. The number of halogens is 2. The summed E-state index contributed by atoms with van der Waals surface area (Å²) in [6.07, 6.45) is 0. The van der Waals surface area contributed by atoms with Crippen LogP contribution in [-0.2, 0) is 4.79 Å². The Bertz CT molecular complexity index is 1130. The van der Waals surface area contributed by atoms with E-state index < -0.39 is 0 Å². The number of H-pyrrole nitrogens is 1. The van der Waals surface area contributed by atoms with Crippen molar-refractivity contribution in [2.24, 2.45) is 0 Å². The van der Waals surface area contributed by atoms with Crippen molar-refractivity contribution >= 4 is 45.7 Å². The van der Waals surface area contributed by atoms with Crippen LogP contribution in [0.1, 0.15) is 0 Å². The Hall–Kier alpha value is -2.75. The number of nitrogens with one attached hydrogen (secondary N) is 2. The zero-order chi connectivity index (χ0) is 20.2. The second-order valence-electron chi connectivity index (χ2n) is 5.86. The second kappa shape index (κ2) is 8.73. The summed E-state index contributed by atoms with van der Waals surface area (Å²) in [4.78, 5) is 20.9. The van der Waals surface area contributed by atoms with Gasteiger partial charge in [-0.3, -0.25) is 9.89 Å². The van der Waals surface area contributed by atoms with Crippen molar-refractivity contribution in [1.82, 2.24) is 20.2 Å². The van der Waals surface area contributed by atoms with Crippen LogP contribution in [0.4, 0.5) is 9.52 Å². The number of carbonyl (C=O) groups excluding carboxylic acids is 1. The fourth-order valence-corrected chi connectivity index (χ4v) is 3.88. The predicted octanol–water partition coefficient (Wildman–Crippen LogP) is 5.12. The minimum atomic E-state index is -0.305. The van der Waals surface area contributed by atoms with Gasteiger partial charge in [0.1, 0.15) is 5.82 Å². The van der Waals surface area contributed by atoms with Crippen LogP contribution >= 0.6 is 34.7 Å². The number of thioether (sulfide) groups is 1. The van der Waals surface area contributed by atoms with Crippen molar-refractivity contribution < 1.29 is 9.18 Å². The lowest BCUT2D eigenvalue weighted by Gasteiger charge is -2.00.